The number of fused-ring (bicyclic) bond motifs is 1. The Morgan fingerprint density at radius 3 is 3.11 bits per heavy atom. The molecule has 0 saturated heterocycles. The number of aliphatic hydroxyl groups is 1. The summed E-state index contributed by atoms with van der Waals surface area (Å²) >= 11 is 0. The van der Waals surface area contributed by atoms with Crippen LogP contribution in [0.15, 0.2) is 30.5 Å². The standard InChI is InChI=1S/C13H17N3O3/c1-19-9-11(17)7-14-13(18)8-16-12-5-3-2-4-10(12)6-15-16/h2-6,11,17H,7-9H2,1H3,(H,14,18). The minimum Gasteiger partial charge on any atom is -0.389 e. The van der Waals surface area contributed by atoms with Crippen molar-refractivity contribution in [2.75, 3.05) is 20.3 Å². The van der Waals surface area contributed by atoms with Crippen LogP contribution in [0, 0.1) is 0 Å². The van der Waals surface area contributed by atoms with E-state index in [0.29, 0.717) is 0 Å². The molecule has 0 aliphatic rings. The molecule has 19 heavy (non-hydrogen) atoms. The molecule has 1 aromatic carbocycles. The largest absolute Gasteiger partial charge is 0.389 e. The second kappa shape index (κ2) is 6.31. The van der Waals surface area contributed by atoms with Crippen molar-refractivity contribution in [2.45, 2.75) is 12.6 Å². The van der Waals surface area contributed by atoms with Crippen LogP contribution in [0.1, 0.15) is 0 Å². The number of benzene rings is 1. The van der Waals surface area contributed by atoms with Gasteiger partial charge in [-0.15, -0.1) is 0 Å². The summed E-state index contributed by atoms with van der Waals surface area (Å²) in [6.07, 6.45) is 1.03. The van der Waals surface area contributed by atoms with Gasteiger partial charge >= 0.3 is 0 Å². The monoisotopic (exact) mass is 263 g/mol. The highest BCUT2D eigenvalue weighted by molar-refractivity contribution is 5.81. The molecule has 0 spiro atoms. The number of nitrogens with one attached hydrogen (secondary N) is 1. The summed E-state index contributed by atoms with van der Waals surface area (Å²) in [5.74, 6) is -0.191. The van der Waals surface area contributed by atoms with Crippen molar-refractivity contribution >= 4 is 16.8 Å². The molecule has 1 heterocycles. The quantitative estimate of drug-likeness (QED) is 0.778. The van der Waals surface area contributed by atoms with Crippen LogP contribution in [0.5, 0.6) is 0 Å². The van der Waals surface area contributed by atoms with Gasteiger partial charge in [-0.2, -0.15) is 5.10 Å². The molecular weight excluding hydrogens is 246 g/mol. The third kappa shape index (κ3) is 3.52. The molecule has 0 fully saturated rings. The van der Waals surface area contributed by atoms with Crippen molar-refractivity contribution in [3.05, 3.63) is 30.5 Å². The van der Waals surface area contributed by atoms with Gasteiger partial charge < -0.3 is 15.2 Å². The van der Waals surface area contributed by atoms with Crippen LogP contribution in [-0.4, -0.2) is 47.2 Å². The van der Waals surface area contributed by atoms with Gasteiger partial charge in [0.15, 0.2) is 0 Å². The Labute approximate surface area is 111 Å². The lowest BCUT2D eigenvalue weighted by molar-refractivity contribution is -0.122. The number of carbonyl (C=O) groups excluding carboxylic acids is 1. The summed E-state index contributed by atoms with van der Waals surface area (Å²) < 4.78 is 6.41. The van der Waals surface area contributed by atoms with Gasteiger partial charge in [-0.05, 0) is 6.07 Å². The number of rotatable bonds is 6. The lowest BCUT2D eigenvalue weighted by atomic mass is 10.2. The smallest absolute Gasteiger partial charge is 0.241 e. The predicted molar refractivity (Wildman–Crippen MR) is 70.6 cm³/mol. The molecular formula is C13H17N3O3. The molecule has 1 atom stereocenters. The van der Waals surface area contributed by atoms with Gasteiger partial charge in [-0.1, -0.05) is 18.2 Å². The van der Waals surface area contributed by atoms with Crippen LogP contribution in [-0.2, 0) is 16.1 Å². The predicted octanol–water partition coefficient (Wildman–Crippen LogP) is 0.160. The fourth-order valence-corrected chi connectivity index (χ4v) is 1.83. The number of nitrogens with zero attached hydrogens (tertiary/aromatic N) is 2. The molecule has 2 rings (SSSR count). The summed E-state index contributed by atoms with van der Waals surface area (Å²) in [6.45, 7) is 0.504. The molecule has 0 aliphatic heterocycles. The van der Waals surface area contributed by atoms with Crippen LogP contribution in [0.3, 0.4) is 0 Å². The average molecular weight is 263 g/mol. The molecule has 0 bridgehead atoms. The molecule has 1 amide bonds. The first kappa shape index (κ1) is 13.5. The van der Waals surface area contributed by atoms with E-state index >= 15 is 0 Å². The van der Waals surface area contributed by atoms with Crippen molar-refractivity contribution in [1.29, 1.82) is 0 Å². The van der Waals surface area contributed by atoms with E-state index in [4.69, 9.17) is 4.74 Å². The topological polar surface area (TPSA) is 76.4 Å². The fourth-order valence-electron chi connectivity index (χ4n) is 1.83. The highest BCUT2D eigenvalue weighted by Gasteiger charge is 2.09. The van der Waals surface area contributed by atoms with Crippen LogP contribution in [0.25, 0.3) is 10.9 Å². The maximum absolute atomic E-state index is 11.7. The van der Waals surface area contributed by atoms with E-state index in [0.717, 1.165) is 10.9 Å². The maximum atomic E-state index is 11.7. The molecule has 6 nitrogen and oxygen atoms in total. The van der Waals surface area contributed by atoms with E-state index in [9.17, 15) is 9.90 Å². The van der Waals surface area contributed by atoms with Crippen LogP contribution < -0.4 is 5.32 Å². The molecule has 6 heteroatoms. The van der Waals surface area contributed by atoms with Crippen molar-refractivity contribution in [3.63, 3.8) is 0 Å². The third-order valence-corrected chi connectivity index (χ3v) is 2.74. The second-order valence-electron chi connectivity index (χ2n) is 4.27. The minimum absolute atomic E-state index is 0.132. The molecule has 1 aromatic heterocycles. The summed E-state index contributed by atoms with van der Waals surface area (Å²) in [5.41, 5.74) is 0.912. The average Bonchev–Trinajstić information content (AvgIpc) is 2.80. The number of amides is 1. The number of aromatic nitrogens is 2. The van der Waals surface area contributed by atoms with Crippen LogP contribution in [0.4, 0.5) is 0 Å². The van der Waals surface area contributed by atoms with Crippen molar-refractivity contribution < 1.29 is 14.6 Å². The zero-order valence-electron chi connectivity index (χ0n) is 10.7. The Morgan fingerprint density at radius 1 is 1.53 bits per heavy atom. The van der Waals surface area contributed by atoms with Gasteiger partial charge in [0, 0.05) is 19.0 Å². The summed E-state index contributed by atoms with van der Waals surface area (Å²) in [7, 11) is 1.50. The van der Waals surface area contributed by atoms with Crippen LogP contribution >= 0.6 is 0 Å². The van der Waals surface area contributed by atoms with E-state index in [-0.39, 0.29) is 25.6 Å². The highest BCUT2D eigenvalue weighted by atomic mass is 16.5. The molecule has 2 aromatic rings. The Morgan fingerprint density at radius 2 is 2.32 bits per heavy atom. The summed E-state index contributed by atoms with van der Waals surface area (Å²) in [6, 6.07) is 7.69. The first-order valence-electron chi connectivity index (χ1n) is 6.05. The van der Waals surface area contributed by atoms with E-state index in [1.807, 2.05) is 24.3 Å². The van der Waals surface area contributed by atoms with Crippen molar-refractivity contribution in [3.8, 4) is 0 Å². The minimum atomic E-state index is -0.691. The normalized spacial score (nSPS) is 12.5. The molecule has 0 aliphatic carbocycles. The molecule has 0 saturated carbocycles. The van der Waals surface area contributed by atoms with Gasteiger partial charge in [0.1, 0.15) is 6.54 Å². The number of hydrogen-bond donors (Lipinski definition) is 2. The van der Waals surface area contributed by atoms with E-state index in [1.54, 1.807) is 10.9 Å². The van der Waals surface area contributed by atoms with Crippen molar-refractivity contribution in [1.82, 2.24) is 15.1 Å². The lowest BCUT2D eigenvalue weighted by Crippen LogP contribution is -2.36. The summed E-state index contributed by atoms with van der Waals surface area (Å²) in [4.78, 5) is 11.7. The zero-order chi connectivity index (χ0) is 13.7. The third-order valence-electron chi connectivity index (χ3n) is 2.74. The lowest BCUT2D eigenvalue weighted by Gasteiger charge is -2.11. The molecule has 0 radical (unpaired) electrons. The Bertz CT molecular complexity index is 553. The van der Waals surface area contributed by atoms with Gasteiger partial charge in [-0.25, -0.2) is 0 Å². The maximum Gasteiger partial charge on any atom is 0.241 e. The first-order valence-corrected chi connectivity index (χ1v) is 6.05. The van der Waals surface area contributed by atoms with E-state index < -0.39 is 6.10 Å². The van der Waals surface area contributed by atoms with Gasteiger partial charge in [-0.3, -0.25) is 9.48 Å². The van der Waals surface area contributed by atoms with Gasteiger partial charge in [0.05, 0.1) is 24.4 Å². The number of hydrogen-bond acceptors (Lipinski definition) is 4. The fraction of sp³-hybridized carbons (Fsp3) is 0.385. The zero-order valence-corrected chi connectivity index (χ0v) is 10.7. The Hall–Kier alpha value is -1.92. The Balaban J connectivity index is 1.92. The Kier molecular flexibility index (Phi) is 4.48. The molecule has 1 unspecified atom stereocenters. The number of aliphatic hydroxyl groups excluding tert-OH is 1. The number of carbonyl (C=O) groups is 1. The SMILES string of the molecule is COCC(O)CNC(=O)Cn1ncc2ccccc21. The van der Waals surface area contributed by atoms with E-state index in [2.05, 4.69) is 10.4 Å². The summed E-state index contributed by atoms with van der Waals surface area (Å²) in [5, 5.41) is 17.2. The first-order chi connectivity index (χ1) is 9.20. The molecule has 2 N–H and O–H groups in total. The van der Waals surface area contributed by atoms with Crippen LogP contribution in [0.2, 0.25) is 0 Å². The molecule has 102 valence electrons. The van der Waals surface area contributed by atoms with Gasteiger partial charge in [0.2, 0.25) is 5.91 Å². The number of methoxy groups -OCH3 is 1. The van der Waals surface area contributed by atoms with E-state index in [1.165, 1.54) is 7.11 Å². The second-order valence-corrected chi connectivity index (χ2v) is 4.27. The number of ether oxygens (including phenoxy) is 1. The van der Waals surface area contributed by atoms with Gasteiger partial charge in [0.25, 0.3) is 0 Å². The highest BCUT2D eigenvalue weighted by Crippen LogP contribution is 2.11. The van der Waals surface area contributed by atoms with Crippen molar-refractivity contribution in [2.24, 2.45) is 0 Å². The number of para-hydroxylation sites is 1.